The van der Waals surface area contributed by atoms with Crippen molar-refractivity contribution in [2.45, 2.75) is 174 Å². The molecule has 4 nitrogen and oxygen atoms in total. The van der Waals surface area contributed by atoms with Crippen molar-refractivity contribution in [3.63, 3.8) is 0 Å². The second kappa shape index (κ2) is 25.6. The van der Waals surface area contributed by atoms with Crippen LogP contribution in [-0.4, -0.2) is 23.1 Å². The van der Waals surface area contributed by atoms with E-state index in [1.54, 1.807) is 0 Å². The maximum Gasteiger partial charge on any atom is 0.317 e. The molecule has 0 saturated heterocycles. The van der Waals surface area contributed by atoms with Crippen LogP contribution in [0.15, 0.2) is 0 Å². The Hall–Kier alpha value is -1.06. The monoisotopic (exact) mass is 468 g/mol. The lowest BCUT2D eigenvalue weighted by atomic mass is 10.0. The molecule has 0 rings (SSSR count). The lowest BCUT2D eigenvalue weighted by Gasteiger charge is -2.17. The lowest BCUT2D eigenvalue weighted by molar-refractivity contribution is -0.155. The van der Waals surface area contributed by atoms with Crippen LogP contribution < -0.4 is 0 Å². The number of hydrogen-bond acceptors (Lipinski definition) is 3. The third-order valence-corrected chi connectivity index (χ3v) is 6.60. The van der Waals surface area contributed by atoms with Gasteiger partial charge in [-0.1, -0.05) is 136 Å². The number of carboxylic acids is 1. The van der Waals surface area contributed by atoms with Crippen molar-refractivity contribution in [1.29, 1.82) is 0 Å². The first-order valence-electron chi connectivity index (χ1n) is 14.5. The molecule has 1 atom stereocenters. The van der Waals surface area contributed by atoms with Gasteiger partial charge >= 0.3 is 11.9 Å². The SMILES string of the molecule is CCCCCCCCCCCCCC(CCCCCCCCCCCC)OC(=O)CC(=O)O. The lowest BCUT2D eigenvalue weighted by Crippen LogP contribution is -2.20. The molecule has 1 N–H and O–H groups in total. The van der Waals surface area contributed by atoms with Crippen molar-refractivity contribution in [2.75, 3.05) is 0 Å². The summed E-state index contributed by atoms with van der Waals surface area (Å²) in [5.74, 6) is -1.69. The maximum absolute atomic E-state index is 11.8. The Labute approximate surface area is 205 Å². The first kappa shape index (κ1) is 31.9. The standard InChI is InChI=1S/C29H56O4/c1-3-5-7-9-11-13-15-17-19-21-23-25-27(33-29(32)26-28(30)31)24-22-20-18-16-14-12-10-8-6-4-2/h27H,3-26H2,1-2H3,(H,30,31). The minimum Gasteiger partial charge on any atom is -0.481 e. The Morgan fingerprint density at radius 1 is 0.545 bits per heavy atom. The summed E-state index contributed by atoms with van der Waals surface area (Å²) in [7, 11) is 0. The van der Waals surface area contributed by atoms with Gasteiger partial charge in [0.05, 0.1) is 0 Å². The molecule has 0 saturated carbocycles. The molecule has 4 heteroatoms. The molecule has 0 aliphatic rings. The van der Waals surface area contributed by atoms with Gasteiger partial charge in [-0.05, 0) is 25.7 Å². The van der Waals surface area contributed by atoms with Crippen LogP contribution in [0.5, 0.6) is 0 Å². The van der Waals surface area contributed by atoms with E-state index in [0.717, 1.165) is 25.7 Å². The zero-order chi connectivity index (χ0) is 24.4. The van der Waals surface area contributed by atoms with Crippen LogP contribution in [-0.2, 0) is 14.3 Å². The van der Waals surface area contributed by atoms with Crippen LogP contribution in [0.1, 0.15) is 168 Å². The summed E-state index contributed by atoms with van der Waals surface area (Å²) in [4.78, 5) is 22.6. The highest BCUT2D eigenvalue weighted by Crippen LogP contribution is 2.18. The molecular formula is C29H56O4. The topological polar surface area (TPSA) is 63.6 Å². The summed E-state index contributed by atoms with van der Waals surface area (Å²) >= 11 is 0. The molecule has 1 unspecified atom stereocenters. The Morgan fingerprint density at radius 2 is 0.848 bits per heavy atom. The molecule has 0 amide bonds. The number of rotatable bonds is 26. The summed E-state index contributed by atoms with van der Waals surface area (Å²) in [5, 5.41) is 8.84. The van der Waals surface area contributed by atoms with Crippen LogP contribution in [0, 0.1) is 0 Å². The average Bonchev–Trinajstić information content (AvgIpc) is 2.77. The molecule has 33 heavy (non-hydrogen) atoms. The van der Waals surface area contributed by atoms with Crippen LogP contribution in [0.25, 0.3) is 0 Å². The number of unbranched alkanes of at least 4 members (excludes halogenated alkanes) is 19. The first-order chi connectivity index (χ1) is 16.1. The molecule has 0 heterocycles. The molecule has 196 valence electrons. The molecule has 0 aromatic carbocycles. The molecule has 0 aromatic heterocycles. The highest BCUT2D eigenvalue weighted by atomic mass is 16.5. The number of carbonyl (C=O) groups is 2. The van der Waals surface area contributed by atoms with Gasteiger partial charge in [-0.3, -0.25) is 9.59 Å². The van der Waals surface area contributed by atoms with Crippen LogP contribution in [0.4, 0.5) is 0 Å². The van der Waals surface area contributed by atoms with Gasteiger partial charge in [0.2, 0.25) is 0 Å². The Balaban J connectivity index is 3.87. The van der Waals surface area contributed by atoms with Crippen molar-refractivity contribution in [2.24, 2.45) is 0 Å². The van der Waals surface area contributed by atoms with Crippen molar-refractivity contribution < 1.29 is 19.4 Å². The fraction of sp³-hybridized carbons (Fsp3) is 0.931. The second-order valence-electron chi connectivity index (χ2n) is 9.98. The van der Waals surface area contributed by atoms with Gasteiger partial charge in [0, 0.05) is 0 Å². The molecular weight excluding hydrogens is 412 g/mol. The molecule has 0 fully saturated rings. The molecule has 0 aliphatic heterocycles. The summed E-state index contributed by atoms with van der Waals surface area (Å²) < 4.78 is 5.52. The Morgan fingerprint density at radius 3 is 1.15 bits per heavy atom. The molecule has 0 bridgehead atoms. The quantitative estimate of drug-likeness (QED) is 0.0780. The van der Waals surface area contributed by atoms with E-state index >= 15 is 0 Å². The van der Waals surface area contributed by atoms with Crippen molar-refractivity contribution in [3.05, 3.63) is 0 Å². The van der Waals surface area contributed by atoms with E-state index in [4.69, 9.17) is 9.84 Å². The molecule has 0 spiro atoms. The zero-order valence-electron chi connectivity index (χ0n) is 22.2. The normalized spacial score (nSPS) is 12.1. The first-order valence-corrected chi connectivity index (χ1v) is 14.5. The van der Waals surface area contributed by atoms with Crippen molar-refractivity contribution in [1.82, 2.24) is 0 Å². The van der Waals surface area contributed by atoms with E-state index in [9.17, 15) is 9.59 Å². The number of ether oxygens (including phenoxy) is 1. The third-order valence-electron chi connectivity index (χ3n) is 6.60. The summed E-state index contributed by atoms with van der Waals surface area (Å²) in [6.45, 7) is 4.51. The fourth-order valence-electron chi connectivity index (χ4n) is 4.51. The van der Waals surface area contributed by atoms with Crippen molar-refractivity contribution in [3.8, 4) is 0 Å². The number of carbonyl (C=O) groups excluding carboxylic acids is 1. The largest absolute Gasteiger partial charge is 0.481 e. The van der Waals surface area contributed by atoms with Gasteiger partial charge in [0.1, 0.15) is 12.5 Å². The van der Waals surface area contributed by atoms with Crippen LogP contribution >= 0.6 is 0 Å². The summed E-state index contributed by atoms with van der Waals surface area (Å²) in [6, 6.07) is 0. The van der Waals surface area contributed by atoms with Gasteiger partial charge in [-0.25, -0.2) is 0 Å². The zero-order valence-corrected chi connectivity index (χ0v) is 22.2. The highest BCUT2D eigenvalue weighted by molar-refractivity contribution is 5.90. The Kier molecular flexibility index (Phi) is 24.7. The maximum atomic E-state index is 11.8. The predicted molar refractivity (Wildman–Crippen MR) is 140 cm³/mol. The number of carboxylic acid groups (broad SMARTS) is 1. The summed E-state index contributed by atoms with van der Waals surface area (Å²) in [6.07, 6.45) is 28.3. The number of hydrogen-bond donors (Lipinski definition) is 1. The van der Waals surface area contributed by atoms with E-state index in [0.29, 0.717) is 0 Å². The van der Waals surface area contributed by atoms with E-state index in [1.807, 2.05) is 0 Å². The van der Waals surface area contributed by atoms with Gasteiger partial charge in [-0.15, -0.1) is 0 Å². The number of aliphatic carboxylic acids is 1. The van der Waals surface area contributed by atoms with Gasteiger partial charge < -0.3 is 9.84 Å². The fourth-order valence-corrected chi connectivity index (χ4v) is 4.51. The predicted octanol–water partition coefficient (Wildman–Crippen LogP) is 9.39. The Bertz CT molecular complexity index is 435. The molecule has 0 aliphatic carbocycles. The van der Waals surface area contributed by atoms with Gasteiger partial charge in [0.15, 0.2) is 0 Å². The highest BCUT2D eigenvalue weighted by Gasteiger charge is 2.16. The second-order valence-corrected chi connectivity index (χ2v) is 9.98. The van der Waals surface area contributed by atoms with E-state index < -0.39 is 18.4 Å². The smallest absolute Gasteiger partial charge is 0.317 e. The minimum atomic E-state index is -1.10. The van der Waals surface area contributed by atoms with Crippen molar-refractivity contribution >= 4 is 11.9 Å². The van der Waals surface area contributed by atoms with Gasteiger partial charge in [0.25, 0.3) is 0 Å². The molecule has 0 aromatic rings. The number of esters is 1. The third kappa shape index (κ3) is 25.4. The van der Waals surface area contributed by atoms with Crippen LogP contribution in [0.3, 0.4) is 0 Å². The molecule has 0 radical (unpaired) electrons. The summed E-state index contributed by atoms with van der Waals surface area (Å²) in [5.41, 5.74) is 0. The minimum absolute atomic E-state index is 0.107. The average molecular weight is 469 g/mol. The van der Waals surface area contributed by atoms with E-state index in [-0.39, 0.29) is 6.10 Å². The van der Waals surface area contributed by atoms with Crippen LogP contribution in [0.2, 0.25) is 0 Å². The van der Waals surface area contributed by atoms with E-state index in [1.165, 1.54) is 122 Å². The van der Waals surface area contributed by atoms with E-state index in [2.05, 4.69) is 13.8 Å². The van der Waals surface area contributed by atoms with Gasteiger partial charge in [-0.2, -0.15) is 0 Å².